The summed E-state index contributed by atoms with van der Waals surface area (Å²) < 4.78 is 27.7. The van der Waals surface area contributed by atoms with Gasteiger partial charge in [-0.15, -0.1) is 0 Å². The van der Waals surface area contributed by atoms with E-state index in [1.54, 1.807) is 31.2 Å². The number of hydrogen-bond acceptors (Lipinski definition) is 15. The first-order valence-electron chi connectivity index (χ1n) is 20.5. The van der Waals surface area contributed by atoms with Crippen LogP contribution in [0.15, 0.2) is 51.5 Å². The van der Waals surface area contributed by atoms with Crippen molar-refractivity contribution in [1.29, 1.82) is 0 Å². The Hall–Kier alpha value is -6.52. The minimum absolute atomic E-state index is 0.0647. The van der Waals surface area contributed by atoms with Crippen LogP contribution < -0.4 is 42.3 Å². The number of nitrogens with one attached hydrogen (secondary N) is 2. The fraction of sp³-hybridized carbons (Fsp3) is 0.395. The Morgan fingerprint density at radius 2 is 1.70 bits per heavy atom. The fourth-order valence-electron chi connectivity index (χ4n) is 6.82. The lowest BCUT2D eigenvalue weighted by molar-refractivity contribution is -0.118. The van der Waals surface area contributed by atoms with Gasteiger partial charge in [-0.1, -0.05) is 37.3 Å². The number of hydrazine groups is 1. The average molecular weight is 904 g/mol. The van der Waals surface area contributed by atoms with Gasteiger partial charge in [0.15, 0.2) is 10.7 Å². The molecule has 0 bridgehead atoms. The highest BCUT2D eigenvalue weighted by Gasteiger charge is 2.21. The summed E-state index contributed by atoms with van der Waals surface area (Å²) in [6.45, 7) is 11.9. The number of nitrogens with zero attached hydrogens (tertiary/aromatic N) is 6. The summed E-state index contributed by atoms with van der Waals surface area (Å²) in [5.74, 6) is 6.01. The van der Waals surface area contributed by atoms with E-state index in [2.05, 4.69) is 37.1 Å². The number of thiazole rings is 1. The van der Waals surface area contributed by atoms with E-state index in [1.165, 1.54) is 32.4 Å². The molecule has 2 aromatic carbocycles. The molecule has 0 spiro atoms. The zero-order chi connectivity index (χ0) is 46.8. The molecular formula is C43H57N11O9S. The molecule has 0 saturated carbocycles. The van der Waals surface area contributed by atoms with Crippen LogP contribution in [0, 0.1) is 6.92 Å². The van der Waals surface area contributed by atoms with Gasteiger partial charge in [0, 0.05) is 69.5 Å². The summed E-state index contributed by atoms with van der Waals surface area (Å²) in [4.78, 5) is 75.2. The van der Waals surface area contributed by atoms with Crippen LogP contribution in [-0.4, -0.2) is 108 Å². The van der Waals surface area contributed by atoms with Gasteiger partial charge in [0.05, 0.1) is 42.8 Å². The van der Waals surface area contributed by atoms with E-state index in [1.807, 2.05) is 41.2 Å². The van der Waals surface area contributed by atoms with Gasteiger partial charge >= 0.3 is 5.91 Å². The normalized spacial score (nSPS) is 13.2. The number of amides is 4. The molecule has 8 N–H and O–H groups in total. The Morgan fingerprint density at radius 1 is 1.00 bits per heavy atom. The summed E-state index contributed by atoms with van der Waals surface area (Å²) in [6.07, 6.45) is 8.50. The van der Waals surface area contributed by atoms with Crippen LogP contribution in [-0.2, 0) is 33.8 Å². The zero-order valence-electron chi connectivity index (χ0n) is 37.0. The maximum atomic E-state index is 13.6. The minimum atomic E-state index is -0.593. The SMILES string of the molecule is CC/C(=C\c1nc2cc(C=O)cc(OCCCN3CCOCC3)c2n1C/C=C/Cn1c(=NC(=O)c2oc(C)nc2CC)sc2cc(C(=O)NN)cc(OC)c21)NC(C)=O.CN.NC=O. The van der Waals surface area contributed by atoms with Gasteiger partial charge in [0.25, 0.3) is 5.91 Å². The first-order chi connectivity index (χ1) is 31.0. The number of morpholine rings is 1. The third-order valence-corrected chi connectivity index (χ3v) is 10.6. The maximum absolute atomic E-state index is 13.6. The standard InChI is InChI=1S/C41H49N9O8S.CH3NO.CH5N/c1-6-29(43-25(3)52)23-35-45-31-19-27(24-51)20-33(57-16-10-11-48-14-17-56-18-15-48)36(31)49(35)12-8-9-13-50-37-32(55-5)21-28(39(53)47-42)22-34(37)59-41(50)46-40(54)38-30(7-2)44-26(4)58-38;2-1-3;1-2/h8-9,19-24H,6-7,10-18,42H2,1-5H3,(H,43,52)(H,47,53);1H,(H2,2,3);2H2,1H3/b9-8+,29-23+,46-41?;;. The number of oxazole rings is 1. The molecule has 1 aliphatic rings. The van der Waals surface area contributed by atoms with Crippen molar-refractivity contribution < 1.29 is 42.6 Å². The summed E-state index contributed by atoms with van der Waals surface area (Å²) >= 11 is 1.20. The number of benzene rings is 2. The Balaban J connectivity index is 0.00000172. The van der Waals surface area contributed by atoms with Gasteiger partial charge in [0.2, 0.25) is 18.1 Å². The van der Waals surface area contributed by atoms with Crippen LogP contribution in [0.1, 0.15) is 82.3 Å². The highest BCUT2D eigenvalue weighted by molar-refractivity contribution is 7.16. The largest absolute Gasteiger partial charge is 0.494 e. The van der Waals surface area contributed by atoms with Crippen LogP contribution in [0.25, 0.3) is 27.3 Å². The van der Waals surface area contributed by atoms with Gasteiger partial charge in [-0.3, -0.25) is 34.3 Å². The van der Waals surface area contributed by atoms with Gasteiger partial charge in [0.1, 0.15) is 34.6 Å². The molecular weight excluding hydrogens is 847 g/mol. The molecule has 0 atom stereocenters. The number of aromatic nitrogens is 4. The van der Waals surface area contributed by atoms with Crippen molar-refractivity contribution in [3.8, 4) is 11.5 Å². The lowest BCUT2D eigenvalue weighted by Gasteiger charge is -2.26. The molecule has 1 saturated heterocycles. The predicted molar refractivity (Wildman–Crippen MR) is 243 cm³/mol. The molecule has 5 aromatic rings. The van der Waals surface area contributed by atoms with Crippen molar-refractivity contribution in [2.45, 2.75) is 60.0 Å². The number of nitrogen functional groups attached to an aromatic ring is 1. The molecule has 64 heavy (non-hydrogen) atoms. The molecule has 344 valence electrons. The monoisotopic (exact) mass is 903 g/mol. The summed E-state index contributed by atoms with van der Waals surface area (Å²) in [5.41, 5.74) is 14.5. The van der Waals surface area contributed by atoms with E-state index in [9.17, 15) is 19.2 Å². The number of rotatable bonds is 17. The molecule has 4 amide bonds. The van der Waals surface area contributed by atoms with Crippen molar-refractivity contribution in [3.63, 3.8) is 0 Å². The second-order valence-corrected chi connectivity index (χ2v) is 14.8. The highest BCUT2D eigenvalue weighted by Crippen LogP contribution is 2.32. The molecule has 6 rings (SSSR count). The van der Waals surface area contributed by atoms with E-state index in [0.717, 1.165) is 32.3 Å². The number of carbonyl (C=O) groups is 5. The molecule has 20 nitrogen and oxygen atoms in total. The fourth-order valence-corrected chi connectivity index (χ4v) is 7.91. The Kier molecular flexibility index (Phi) is 19.5. The number of ether oxygens (including phenoxy) is 3. The Labute approximate surface area is 374 Å². The Bertz CT molecular complexity index is 2550. The van der Waals surface area contributed by atoms with Crippen LogP contribution in [0.4, 0.5) is 0 Å². The number of fused-ring (bicyclic) bond motifs is 2. The van der Waals surface area contributed by atoms with Gasteiger partial charge < -0.3 is 44.5 Å². The van der Waals surface area contributed by atoms with Crippen molar-refractivity contribution in [3.05, 3.63) is 81.2 Å². The maximum Gasteiger partial charge on any atom is 0.317 e. The van der Waals surface area contributed by atoms with Crippen LogP contribution in [0.2, 0.25) is 0 Å². The number of aldehydes is 1. The molecule has 1 aliphatic heterocycles. The first kappa shape index (κ1) is 50.1. The number of allylic oxidation sites excluding steroid dienone is 3. The molecule has 0 aliphatic carbocycles. The number of methoxy groups -OCH3 is 1. The van der Waals surface area contributed by atoms with Gasteiger partial charge in [-0.05, 0) is 50.6 Å². The van der Waals surface area contributed by atoms with E-state index in [4.69, 9.17) is 34.2 Å². The molecule has 3 aromatic heterocycles. The van der Waals surface area contributed by atoms with Gasteiger partial charge in [-0.25, -0.2) is 15.8 Å². The van der Waals surface area contributed by atoms with Gasteiger partial charge in [-0.2, -0.15) is 4.99 Å². The van der Waals surface area contributed by atoms with Crippen molar-refractivity contribution in [1.82, 2.24) is 34.7 Å². The zero-order valence-corrected chi connectivity index (χ0v) is 37.8. The second kappa shape index (κ2) is 24.9. The number of imidazole rings is 1. The Morgan fingerprint density at radius 3 is 2.33 bits per heavy atom. The first-order valence-corrected chi connectivity index (χ1v) is 21.4. The van der Waals surface area contributed by atoms with Crippen molar-refractivity contribution in [2.24, 2.45) is 22.3 Å². The predicted octanol–water partition coefficient (Wildman–Crippen LogP) is 3.00. The molecule has 4 heterocycles. The number of aryl methyl sites for hydroxylation is 2. The average Bonchev–Trinajstić information content (AvgIpc) is 3.98. The molecule has 1 fully saturated rings. The molecule has 0 radical (unpaired) electrons. The van der Waals surface area contributed by atoms with E-state index in [0.29, 0.717) is 105 Å². The van der Waals surface area contributed by atoms with Crippen molar-refractivity contribution in [2.75, 3.05) is 53.6 Å². The summed E-state index contributed by atoms with van der Waals surface area (Å²) in [7, 11) is 2.99. The lowest BCUT2D eigenvalue weighted by Crippen LogP contribution is -2.37. The highest BCUT2D eigenvalue weighted by atomic mass is 32.1. The third kappa shape index (κ3) is 12.8. The number of carbonyl (C=O) groups excluding carboxylic acids is 5. The van der Waals surface area contributed by atoms with Crippen LogP contribution >= 0.6 is 11.3 Å². The summed E-state index contributed by atoms with van der Waals surface area (Å²) in [5, 5.41) is 2.89. The van der Waals surface area contributed by atoms with E-state index in [-0.39, 0.29) is 30.2 Å². The lowest BCUT2D eigenvalue weighted by atomic mass is 10.2. The second-order valence-electron chi connectivity index (χ2n) is 13.8. The quantitative estimate of drug-likeness (QED) is 0.0224. The number of hydrogen-bond donors (Lipinski definition) is 5. The number of nitrogens with two attached hydrogens (primary N) is 3. The molecule has 21 heteroatoms. The topological polar surface area (TPSA) is 280 Å². The summed E-state index contributed by atoms with van der Waals surface area (Å²) in [6, 6.07) is 6.67. The molecule has 0 unspecified atom stereocenters. The van der Waals surface area contributed by atoms with Crippen LogP contribution in [0.3, 0.4) is 0 Å². The van der Waals surface area contributed by atoms with Crippen LogP contribution in [0.5, 0.6) is 11.5 Å². The number of primary amides is 1. The third-order valence-electron chi connectivity index (χ3n) is 9.62. The minimum Gasteiger partial charge on any atom is -0.494 e. The smallest absolute Gasteiger partial charge is 0.317 e. The van der Waals surface area contributed by atoms with E-state index >= 15 is 0 Å². The van der Waals surface area contributed by atoms with Crippen molar-refractivity contribution >= 4 is 69.1 Å². The van der Waals surface area contributed by atoms with E-state index < -0.39 is 11.8 Å².